The number of carbonyl (C=O) groups excluding carboxylic acids is 3. The first kappa shape index (κ1) is 15.2. The molecule has 1 aromatic rings. The van der Waals surface area contributed by atoms with Gasteiger partial charge in [0.15, 0.2) is 0 Å². The molecule has 3 rings (SSSR count). The molecule has 0 bridgehead atoms. The first-order chi connectivity index (χ1) is 11.1. The van der Waals surface area contributed by atoms with Crippen LogP contribution in [0.1, 0.15) is 10.4 Å². The van der Waals surface area contributed by atoms with Crippen LogP contribution in [0.4, 0.5) is 5.69 Å². The molecule has 0 aliphatic carbocycles. The van der Waals surface area contributed by atoms with Gasteiger partial charge in [0.25, 0.3) is 5.91 Å². The van der Waals surface area contributed by atoms with Gasteiger partial charge >= 0.3 is 0 Å². The van der Waals surface area contributed by atoms with Gasteiger partial charge in [0.1, 0.15) is 6.04 Å². The third kappa shape index (κ3) is 3.40. The molecule has 0 aromatic heterocycles. The van der Waals surface area contributed by atoms with E-state index in [2.05, 4.69) is 16.0 Å². The number of carbonyl (C=O) groups is 3. The van der Waals surface area contributed by atoms with Crippen LogP contribution in [-0.2, 0) is 9.59 Å². The zero-order valence-electron chi connectivity index (χ0n) is 12.5. The van der Waals surface area contributed by atoms with Crippen molar-refractivity contribution in [2.24, 2.45) is 0 Å². The predicted octanol–water partition coefficient (Wildman–Crippen LogP) is -0.275. The van der Waals surface area contributed by atoms with Gasteiger partial charge < -0.3 is 15.5 Å². The average Bonchev–Trinajstić information content (AvgIpc) is 3.09. The lowest BCUT2D eigenvalue weighted by molar-refractivity contribution is -0.123. The van der Waals surface area contributed by atoms with Crippen LogP contribution in [0.2, 0.25) is 0 Å². The smallest absolute Gasteiger partial charge is 0.256 e. The molecule has 3 amide bonds. The molecule has 1 fully saturated rings. The highest BCUT2D eigenvalue weighted by Gasteiger charge is 2.25. The van der Waals surface area contributed by atoms with E-state index in [4.69, 9.17) is 0 Å². The number of piperazine rings is 1. The van der Waals surface area contributed by atoms with Gasteiger partial charge in [-0.2, -0.15) is 0 Å². The number of rotatable bonds is 3. The largest absolute Gasteiger partial charge is 0.353 e. The molecule has 2 aliphatic rings. The maximum Gasteiger partial charge on any atom is 0.256 e. The maximum atomic E-state index is 12.6. The summed E-state index contributed by atoms with van der Waals surface area (Å²) in [6.07, 6.45) is 3.67. The van der Waals surface area contributed by atoms with Crippen molar-refractivity contribution >= 4 is 23.4 Å². The average molecular weight is 314 g/mol. The molecule has 1 saturated heterocycles. The molecular weight excluding hydrogens is 296 g/mol. The Labute approximate surface area is 133 Å². The van der Waals surface area contributed by atoms with Crippen LogP contribution >= 0.6 is 0 Å². The van der Waals surface area contributed by atoms with Crippen LogP contribution < -0.4 is 16.0 Å². The number of hydrogen-bond acceptors (Lipinski definition) is 4. The van der Waals surface area contributed by atoms with Crippen LogP contribution in [0.15, 0.2) is 36.4 Å². The van der Waals surface area contributed by atoms with Crippen molar-refractivity contribution in [3.63, 3.8) is 0 Å². The van der Waals surface area contributed by atoms with E-state index in [1.165, 1.54) is 4.90 Å². The molecule has 0 saturated carbocycles. The van der Waals surface area contributed by atoms with E-state index in [0.717, 1.165) is 0 Å². The van der Waals surface area contributed by atoms with Crippen LogP contribution in [-0.4, -0.2) is 54.8 Å². The van der Waals surface area contributed by atoms with E-state index in [9.17, 15) is 14.4 Å². The molecule has 7 nitrogen and oxygen atoms in total. The summed E-state index contributed by atoms with van der Waals surface area (Å²) in [5.41, 5.74) is 0.841. The number of benzene rings is 1. The Morgan fingerprint density at radius 2 is 2.09 bits per heavy atom. The van der Waals surface area contributed by atoms with Gasteiger partial charge in [-0.3, -0.25) is 19.7 Å². The van der Waals surface area contributed by atoms with E-state index in [1.807, 2.05) is 6.08 Å². The zero-order chi connectivity index (χ0) is 16.2. The summed E-state index contributed by atoms with van der Waals surface area (Å²) < 4.78 is 0. The first-order valence-electron chi connectivity index (χ1n) is 7.51. The van der Waals surface area contributed by atoms with Gasteiger partial charge in [-0.15, -0.1) is 0 Å². The number of amides is 3. The molecule has 23 heavy (non-hydrogen) atoms. The van der Waals surface area contributed by atoms with Gasteiger partial charge in [-0.05, 0) is 12.1 Å². The fourth-order valence-electron chi connectivity index (χ4n) is 2.62. The highest BCUT2D eigenvalue weighted by atomic mass is 16.2. The molecule has 0 spiro atoms. The summed E-state index contributed by atoms with van der Waals surface area (Å²) in [4.78, 5) is 37.8. The summed E-state index contributed by atoms with van der Waals surface area (Å²) in [6.45, 7) is 1.59. The van der Waals surface area contributed by atoms with Crippen LogP contribution in [0, 0.1) is 0 Å². The van der Waals surface area contributed by atoms with Gasteiger partial charge in [0.2, 0.25) is 11.8 Å². The third-order valence-electron chi connectivity index (χ3n) is 3.81. The number of nitrogens with zero attached hydrogens (tertiary/aromatic N) is 1. The Morgan fingerprint density at radius 1 is 1.26 bits per heavy atom. The summed E-state index contributed by atoms with van der Waals surface area (Å²) >= 11 is 0. The highest BCUT2D eigenvalue weighted by molar-refractivity contribution is 6.06. The summed E-state index contributed by atoms with van der Waals surface area (Å²) in [5.74, 6) is -0.646. The molecular formula is C16H18N4O3. The van der Waals surface area contributed by atoms with E-state index in [-0.39, 0.29) is 30.3 Å². The molecule has 2 aliphatic heterocycles. The molecule has 7 heteroatoms. The molecule has 1 unspecified atom stereocenters. The maximum absolute atomic E-state index is 12.6. The summed E-state index contributed by atoms with van der Waals surface area (Å²) in [5, 5.41) is 8.49. The van der Waals surface area contributed by atoms with Gasteiger partial charge in [0.05, 0.1) is 17.8 Å². The number of hydrogen-bond donors (Lipinski definition) is 3. The van der Waals surface area contributed by atoms with E-state index >= 15 is 0 Å². The molecule has 1 atom stereocenters. The standard InChI is InChI=1S/C16H18N4O3/c21-14-10-20(9-8-18-14)16(23)11-4-1-2-5-12(11)19-15(22)13-6-3-7-17-13/h1-6,13,17H,7-10H2,(H,18,21)(H,19,22). The minimum absolute atomic E-state index is 0.0357. The van der Waals surface area contributed by atoms with E-state index in [0.29, 0.717) is 30.9 Å². The fourth-order valence-corrected chi connectivity index (χ4v) is 2.62. The molecule has 0 radical (unpaired) electrons. The highest BCUT2D eigenvalue weighted by Crippen LogP contribution is 2.18. The normalized spacial score (nSPS) is 20.3. The Morgan fingerprint density at radius 3 is 2.83 bits per heavy atom. The summed E-state index contributed by atoms with van der Waals surface area (Å²) in [6, 6.07) is 6.45. The molecule has 1 aromatic carbocycles. The lowest BCUT2D eigenvalue weighted by atomic mass is 10.1. The number of nitrogens with one attached hydrogen (secondary N) is 3. The minimum atomic E-state index is -0.390. The Balaban J connectivity index is 1.77. The van der Waals surface area contributed by atoms with Crippen LogP contribution in [0.3, 0.4) is 0 Å². The van der Waals surface area contributed by atoms with E-state index < -0.39 is 0 Å². The van der Waals surface area contributed by atoms with E-state index in [1.54, 1.807) is 30.3 Å². The monoisotopic (exact) mass is 314 g/mol. The van der Waals surface area contributed by atoms with Gasteiger partial charge in [-0.1, -0.05) is 24.3 Å². The topological polar surface area (TPSA) is 90.5 Å². The van der Waals surface area contributed by atoms with Crippen LogP contribution in [0.25, 0.3) is 0 Å². The van der Waals surface area contributed by atoms with Crippen molar-refractivity contribution in [3.05, 3.63) is 42.0 Å². The second kappa shape index (κ2) is 6.62. The molecule has 120 valence electrons. The zero-order valence-corrected chi connectivity index (χ0v) is 12.5. The summed E-state index contributed by atoms with van der Waals surface area (Å²) in [7, 11) is 0. The minimum Gasteiger partial charge on any atom is -0.353 e. The second-order valence-corrected chi connectivity index (χ2v) is 5.43. The van der Waals surface area contributed by atoms with Crippen molar-refractivity contribution in [1.82, 2.24) is 15.5 Å². The van der Waals surface area contributed by atoms with Gasteiger partial charge in [0, 0.05) is 19.6 Å². The number of anilines is 1. The Hall–Kier alpha value is -2.67. The quantitative estimate of drug-likeness (QED) is 0.670. The lowest BCUT2D eigenvalue weighted by Crippen LogP contribution is -2.50. The molecule has 2 heterocycles. The van der Waals surface area contributed by atoms with Crippen molar-refractivity contribution in [3.8, 4) is 0 Å². The fraction of sp³-hybridized carbons (Fsp3) is 0.312. The van der Waals surface area contributed by atoms with Crippen molar-refractivity contribution in [1.29, 1.82) is 0 Å². The first-order valence-corrected chi connectivity index (χ1v) is 7.51. The van der Waals surface area contributed by atoms with Crippen LogP contribution in [0.5, 0.6) is 0 Å². The Kier molecular flexibility index (Phi) is 4.38. The second-order valence-electron chi connectivity index (χ2n) is 5.43. The molecule has 3 N–H and O–H groups in total. The SMILES string of the molecule is O=C1CN(C(=O)c2ccccc2NC(=O)C2C=CCN2)CCN1. The third-order valence-corrected chi connectivity index (χ3v) is 3.81. The number of para-hydroxylation sites is 1. The predicted molar refractivity (Wildman–Crippen MR) is 84.9 cm³/mol. The van der Waals surface area contributed by atoms with Crippen molar-refractivity contribution < 1.29 is 14.4 Å². The Bertz CT molecular complexity index is 671. The van der Waals surface area contributed by atoms with Crippen molar-refractivity contribution in [2.75, 3.05) is 31.5 Å². The van der Waals surface area contributed by atoms with Crippen molar-refractivity contribution in [2.45, 2.75) is 6.04 Å². The van der Waals surface area contributed by atoms with Gasteiger partial charge in [-0.25, -0.2) is 0 Å². The lowest BCUT2D eigenvalue weighted by Gasteiger charge is -2.27.